The van der Waals surface area contributed by atoms with Crippen LogP contribution in [0, 0.1) is 0 Å². The number of ether oxygens (including phenoxy) is 1. The van der Waals surface area contributed by atoms with Crippen molar-refractivity contribution in [1.82, 2.24) is 0 Å². The average Bonchev–Trinajstić information content (AvgIpc) is 2.88. The molecule has 1 heterocycles. The minimum absolute atomic E-state index is 1.00. The van der Waals surface area contributed by atoms with Crippen molar-refractivity contribution in [3.8, 4) is 0 Å². The Bertz CT molecular complexity index is 257. The highest BCUT2D eigenvalue weighted by atomic mass is 16.5. The van der Waals surface area contributed by atoms with Gasteiger partial charge in [-0.25, -0.2) is 0 Å². The fraction of sp³-hybridized carbons (Fsp3) is 0.571. The summed E-state index contributed by atoms with van der Waals surface area (Å²) >= 11 is 0. The lowest BCUT2D eigenvalue weighted by atomic mass is 9.92. The van der Waals surface area contributed by atoms with Crippen LogP contribution in [0.3, 0.4) is 0 Å². The van der Waals surface area contributed by atoms with Crippen LogP contribution >= 0.6 is 0 Å². The molecule has 1 fully saturated rings. The quantitative estimate of drug-likeness (QED) is 0.629. The van der Waals surface area contributed by atoms with E-state index in [4.69, 9.17) is 4.74 Å². The van der Waals surface area contributed by atoms with Crippen molar-refractivity contribution >= 4 is 0 Å². The molecule has 1 aliphatic heterocycles. The maximum Gasteiger partial charge on any atom is 0.0466 e. The molecule has 0 aromatic heterocycles. The first-order valence-corrected chi connectivity index (χ1v) is 6.11. The molecule has 82 valence electrons. The molecular formula is C14H20O. The molecule has 3 rings (SSSR count). The highest BCUT2D eigenvalue weighted by Gasteiger charge is 2.05. The first-order chi connectivity index (χ1) is 7.47. The molecule has 1 nitrogen and oxygen atoms in total. The van der Waals surface area contributed by atoms with E-state index in [-0.39, 0.29) is 0 Å². The zero-order valence-corrected chi connectivity index (χ0v) is 9.37. The largest absolute Gasteiger partial charge is 0.381 e. The van der Waals surface area contributed by atoms with Crippen molar-refractivity contribution in [2.45, 2.75) is 38.5 Å². The topological polar surface area (TPSA) is 9.23 Å². The first kappa shape index (κ1) is 10.7. The van der Waals surface area contributed by atoms with E-state index in [1.165, 1.54) is 38.5 Å². The van der Waals surface area contributed by atoms with Gasteiger partial charge in [0.25, 0.3) is 0 Å². The maximum absolute atomic E-state index is 4.94. The Hall–Kier alpha value is -0.820. The lowest BCUT2D eigenvalue weighted by molar-refractivity contribution is 0.198. The first-order valence-electron chi connectivity index (χ1n) is 6.11. The zero-order chi connectivity index (χ0) is 10.3. The lowest BCUT2D eigenvalue weighted by Crippen LogP contribution is -2.00. The molecule has 1 aromatic carbocycles. The monoisotopic (exact) mass is 204 g/mol. The number of benzene rings is 1. The van der Waals surface area contributed by atoms with Crippen molar-refractivity contribution in [1.29, 1.82) is 0 Å². The van der Waals surface area contributed by atoms with E-state index in [2.05, 4.69) is 24.3 Å². The normalized spacial score (nSPS) is 18.9. The van der Waals surface area contributed by atoms with Crippen LogP contribution in [0.25, 0.3) is 0 Å². The van der Waals surface area contributed by atoms with Gasteiger partial charge in [-0.1, -0.05) is 24.3 Å². The number of fused-ring (bicyclic) bond motifs is 1. The van der Waals surface area contributed by atoms with Crippen LogP contribution in [-0.4, -0.2) is 13.2 Å². The van der Waals surface area contributed by atoms with Crippen LogP contribution in [0.1, 0.15) is 36.8 Å². The summed E-state index contributed by atoms with van der Waals surface area (Å²) in [5, 5.41) is 0. The number of hydrogen-bond donors (Lipinski definition) is 0. The van der Waals surface area contributed by atoms with Crippen LogP contribution in [0.5, 0.6) is 0 Å². The summed E-state index contributed by atoms with van der Waals surface area (Å²) in [5.41, 5.74) is 3.16. The van der Waals surface area contributed by atoms with Gasteiger partial charge < -0.3 is 4.74 Å². The molecule has 15 heavy (non-hydrogen) atoms. The predicted molar refractivity (Wildman–Crippen MR) is 63.1 cm³/mol. The Morgan fingerprint density at radius 1 is 0.733 bits per heavy atom. The molecule has 0 bridgehead atoms. The van der Waals surface area contributed by atoms with Crippen molar-refractivity contribution in [2.75, 3.05) is 13.2 Å². The Labute approximate surface area is 92.5 Å². The van der Waals surface area contributed by atoms with E-state index < -0.39 is 0 Å². The van der Waals surface area contributed by atoms with Gasteiger partial charge in [0.2, 0.25) is 0 Å². The van der Waals surface area contributed by atoms with Gasteiger partial charge in [0.05, 0.1) is 0 Å². The summed E-state index contributed by atoms with van der Waals surface area (Å²) in [6.45, 7) is 2.00. The second kappa shape index (κ2) is 5.92. The third-order valence-electron chi connectivity index (χ3n) is 3.09. The molecule has 0 unspecified atom stereocenters. The summed E-state index contributed by atoms with van der Waals surface area (Å²) in [7, 11) is 0. The summed E-state index contributed by atoms with van der Waals surface area (Å²) in [4.78, 5) is 0. The summed E-state index contributed by atoms with van der Waals surface area (Å²) in [5.74, 6) is 0. The second-order valence-electron chi connectivity index (χ2n) is 4.30. The molecule has 0 atom stereocenters. The molecule has 1 aromatic rings. The van der Waals surface area contributed by atoms with Crippen LogP contribution < -0.4 is 0 Å². The summed E-state index contributed by atoms with van der Waals surface area (Å²) in [6, 6.07) is 8.80. The number of aryl methyl sites for hydroxylation is 2. The zero-order valence-electron chi connectivity index (χ0n) is 9.37. The van der Waals surface area contributed by atoms with Gasteiger partial charge >= 0.3 is 0 Å². The van der Waals surface area contributed by atoms with Crippen LogP contribution in [-0.2, 0) is 17.6 Å². The molecule has 0 radical (unpaired) electrons. The third-order valence-corrected chi connectivity index (χ3v) is 3.09. The van der Waals surface area contributed by atoms with Crippen molar-refractivity contribution in [3.63, 3.8) is 0 Å². The van der Waals surface area contributed by atoms with E-state index >= 15 is 0 Å². The molecule has 1 heteroatoms. The molecule has 0 saturated carbocycles. The van der Waals surface area contributed by atoms with Crippen LogP contribution in [0.2, 0.25) is 0 Å². The van der Waals surface area contributed by atoms with E-state index in [1.807, 2.05) is 0 Å². The third kappa shape index (κ3) is 3.35. The molecule has 0 amide bonds. The summed E-state index contributed by atoms with van der Waals surface area (Å²) in [6.07, 6.45) is 7.93. The second-order valence-corrected chi connectivity index (χ2v) is 4.30. The maximum atomic E-state index is 4.94. The number of hydrogen-bond acceptors (Lipinski definition) is 1. The molecule has 0 spiro atoms. The van der Waals surface area contributed by atoms with Crippen molar-refractivity contribution < 1.29 is 4.74 Å². The Morgan fingerprint density at radius 3 is 1.67 bits per heavy atom. The highest BCUT2D eigenvalue weighted by Crippen LogP contribution is 2.19. The fourth-order valence-electron chi connectivity index (χ4n) is 2.19. The van der Waals surface area contributed by atoms with E-state index in [1.54, 1.807) is 11.1 Å². The average molecular weight is 204 g/mol. The Kier molecular flexibility index (Phi) is 4.22. The molecule has 2 aliphatic rings. The van der Waals surface area contributed by atoms with Gasteiger partial charge in [0, 0.05) is 13.2 Å². The van der Waals surface area contributed by atoms with Gasteiger partial charge in [-0.2, -0.15) is 0 Å². The van der Waals surface area contributed by atoms with E-state index in [0.717, 1.165) is 13.2 Å². The molecule has 0 N–H and O–H groups in total. The minimum Gasteiger partial charge on any atom is -0.381 e. The molecule has 1 aliphatic carbocycles. The van der Waals surface area contributed by atoms with Crippen molar-refractivity contribution in [2.24, 2.45) is 0 Å². The van der Waals surface area contributed by atoms with Crippen molar-refractivity contribution in [3.05, 3.63) is 35.4 Å². The van der Waals surface area contributed by atoms with Gasteiger partial charge in [0.15, 0.2) is 0 Å². The van der Waals surface area contributed by atoms with Gasteiger partial charge in [-0.05, 0) is 49.7 Å². The molecular weight excluding hydrogens is 184 g/mol. The van der Waals surface area contributed by atoms with Gasteiger partial charge in [-0.15, -0.1) is 0 Å². The SMILES string of the molecule is C1CCOC1.c1ccc2c(c1)CCCC2. The minimum atomic E-state index is 1.00. The highest BCUT2D eigenvalue weighted by molar-refractivity contribution is 5.28. The standard InChI is InChI=1S/C10H12.C4H8O/c1-2-6-10-8-4-3-7-9(10)5-1;1-2-4-5-3-1/h1-2,5-6H,3-4,7-8H2;1-4H2. The fourth-order valence-corrected chi connectivity index (χ4v) is 2.19. The van der Waals surface area contributed by atoms with E-state index in [9.17, 15) is 0 Å². The summed E-state index contributed by atoms with van der Waals surface area (Å²) < 4.78 is 4.94. The predicted octanol–water partition coefficient (Wildman–Crippen LogP) is 3.36. The smallest absolute Gasteiger partial charge is 0.0466 e. The number of rotatable bonds is 0. The molecule has 1 saturated heterocycles. The van der Waals surface area contributed by atoms with Gasteiger partial charge in [-0.3, -0.25) is 0 Å². The Balaban J connectivity index is 0.000000144. The van der Waals surface area contributed by atoms with Gasteiger partial charge in [0.1, 0.15) is 0 Å². The lowest BCUT2D eigenvalue weighted by Gasteiger charge is -2.13. The Morgan fingerprint density at radius 2 is 1.27 bits per heavy atom. The van der Waals surface area contributed by atoms with E-state index in [0.29, 0.717) is 0 Å². The van der Waals surface area contributed by atoms with Crippen LogP contribution in [0.15, 0.2) is 24.3 Å². The van der Waals surface area contributed by atoms with Crippen LogP contribution in [0.4, 0.5) is 0 Å².